The molecule has 0 bridgehead atoms. The Morgan fingerprint density at radius 3 is 2.36 bits per heavy atom. The Bertz CT molecular complexity index is 706. The van der Waals surface area contributed by atoms with E-state index >= 15 is 0 Å². The van der Waals surface area contributed by atoms with Crippen LogP contribution in [-0.4, -0.2) is 77.0 Å². The Labute approximate surface area is 160 Å². The number of aliphatic hydroxyl groups excluding tert-OH is 1. The quantitative estimate of drug-likeness (QED) is 0.839. The molecule has 3 heterocycles. The van der Waals surface area contributed by atoms with Gasteiger partial charge in [0.25, 0.3) is 5.91 Å². The molecule has 2 amide bonds. The average Bonchev–Trinajstić information content (AvgIpc) is 3.09. The van der Waals surface area contributed by atoms with Crippen molar-refractivity contribution < 1.29 is 32.6 Å². The molecule has 3 rings (SSSR count). The molecule has 0 radical (unpaired) electrons. The number of halogens is 3. The van der Waals surface area contributed by atoms with Gasteiger partial charge in [-0.05, 0) is 36.8 Å². The lowest BCUT2D eigenvalue weighted by atomic mass is 9.78. The molecule has 1 N–H and O–H groups in total. The monoisotopic (exact) mass is 401 g/mol. The number of carbonyl (C=O) groups excluding carboxylic acids is 2. The van der Waals surface area contributed by atoms with E-state index in [1.54, 1.807) is 29.3 Å². The highest BCUT2D eigenvalue weighted by Crippen LogP contribution is 2.41. The van der Waals surface area contributed by atoms with Gasteiger partial charge in [0.05, 0.1) is 6.61 Å². The van der Waals surface area contributed by atoms with Gasteiger partial charge in [-0.1, -0.05) is 6.07 Å². The molecule has 1 atom stereocenters. The highest BCUT2D eigenvalue weighted by molar-refractivity contribution is 5.92. The molecule has 154 valence electrons. The molecule has 1 aromatic rings. The van der Waals surface area contributed by atoms with E-state index in [2.05, 4.69) is 9.72 Å². The lowest BCUT2D eigenvalue weighted by Crippen LogP contribution is -2.47. The predicted molar refractivity (Wildman–Crippen MR) is 91.4 cm³/mol. The van der Waals surface area contributed by atoms with Crippen LogP contribution in [0.4, 0.5) is 18.0 Å². The minimum Gasteiger partial charge on any atom is -0.434 e. The van der Waals surface area contributed by atoms with E-state index in [9.17, 15) is 22.8 Å². The van der Waals surface area contributed by atoms with Crippen molar-refractivity contribution in [2.75, 3.05) is 32.8 Å². The second kappa shape index (κ2) is 7.94. The van der Waals surface area contributed by atoms with Gasteiger partial charge in [-0.2, -0.15) is 13.2 Å². The zero-order chi connectivity index (χ0) is 20.4. The number of rotatable bonds is 3. The van der Waals surface area contributed by atoms with Gasteiger partial charge in [0.2, 0.25) is 6.10 Å². The van der Waals surface area contributed by atoms with Crippen molar-refractivity contribution in [3.8, 4) is 0 Å². The third-order valence-electron chi connectivity index (χ3n) is 5.47. The minimum atomic E-state index is -4.81. The summed E-state index contributed by atoms with van der Waals surface area (Å²) in [5.74, 6) is -0.143. The first-order valence-corrected chi connectivity index (χ1v) is 9.07. The fraction of sp³-hybridized carbons (Fsp3) is 0.611. The van der Waals surface area contributed by atoms with E-state index in [-0.39, 0.29) is 24.4 Å². The largest absolute Gasteiger partial charge is 0.434 e. The van der Waals surface area contributed by atoms with Crippen molar-refractivity contribution in [1.82, 2.24) is 14.8 Å². The number of hydrogen-bond donors (Lipinski definition) is 1. The Morgan fingerprint density at radius 1 is 1.18 bits per heavy atom. The Hall–Kier alpha value is -2.36. The van der Waals surface area contributed by atoms with Crippen LogP contribution >= 0.6 is 0 Å². The standard InChI is InChI=1S/C18H22F3N3O4/c19-18(20,21)14(11-25)28-16(27)23-8-4-17(5-9-23)6-10-24(12-17)15(26)13-3-1-2-7-22-13/h1-3,7,14,25H,4-6,8-12H2. The van der Waals surface area contributed by atoms with Gasteiger partial charge >= 0.3 is 12.3 Å². The maximum absolute atomic E-state index is 12.6. The molecular weight excluding hydrogens is 379 g/mol. The number of nitrogens with zero attached hydrogens (tertiary/aromatic N) is 3. The molecule has 2 fully saturated rings. The van der Waals surface area contributed by atoms with Crippen molar-refractivity contribution in [3.05, 3.63) is 30.1 Å². The number of aromatic nitrogens is 1. The third kappa shape index (κ3) is 4.37. The molecule has 7 nitrogen and oxygen atoms in total. The lowest BCUT2D eigenvalue weighted by molar-refractivity contribution is -0.215. The Kier molecular flexibility index (Phi) is 5.78. The van der Waals surface area contributed by atoms with Gasteiger partial charge in [0.15, 0.2) is 0 Å². The topological polar surface area (TPSA) is 83.0 Å². The van der Waals surface area contributed by atoms with Crippen molar-refractivity contribution >= 4 is 12.0 Å². The van der Waals surface area contributed by atoms with E-state index in [0.717, 1.165) is 6.42 Å². The highest BCUT2D eigenvalue weighted by atomic mass is 19.4. The second-order valence-electron chi connectivity index (χ2n) is 7.28. The number of pyridine rings is 1. The van der Waals surface area contributed by atoms with E-state index in [4.69, 9.17) is 5.11 Å². The van der Waals surface area contributed by atoms with Crippen LogP contribution in [0.15, 0.2) is 24.4 Å². The molecule has 2 aliphatic rings. The van der Waals surface area contributed by atoms with Crippen molar-refractivity contribution in [2.45, 2.75) is 31.5 Å². The molecular formula is C18H22F3N3O4. The fourth-order valence-corrected chi connectivity index (χ4v) is 3.74. The number of carbonyl (C=O) groups is 2. The van der Waals surface area contributed by atoms with Gasteiger partial charge < -0.3 is 19.6 Å². The van der Waals surface area contributed by atoms with Gasteiger partial charge in [-0.3, -0.25) is 9.78 Å². The summed E-state index contributed by atoms with van der Waals surface area (Å²) < 4.78 is 42.4. The summed E-state index contributed by atoms with van der Waals surface area (Å²) in [5.41, 5.74) is 0.226. The predicted octanol–water partition coefficient (Wildman–Crippen LogP) is 2.07. The summed E-state index contributed by atoms with van der Waals surface area (Å²) in [5, 5.41) is 8.79. The molecule has 1 unspecified atom stereocenters. The van der Waals surface area contributed by atoms with Crippen LogP contribution in [0, 0.1) is 5.41 Å². The van der Waals surface area contributed by atoms with E-state index < -0.39 is 25.0 Å². The number of piperidine rings is 1. The van der Waals surface area contributed by atoms with E-state index in [1.165, 1.54) is 4.90 Å². The van der Waals surface area contributed by atoms with Gasteiger partial charge in [-0.15, -0.1) is 0 Å². The summed E-state index contributed by atoms with van der Waals surface area (Å²) in [4.78, 5) is 31.6. The van der Waals surface area contributed by atoms with Crippen LogP contribution in [-0.2, 0) is 4.74 Å². The minimum absolute atomic E-state index is 0.143. The highest BCUT2D eigenvalue weighted by Gasteiger charge is 2.46. The van der Waals surface area contributed by atoms with Crippen LogP contribution < -0.4 is 0 Å². The van der Waals surface area contributed by atoms with E-state index in [1.807, 2.05) is 0 Å². The number of alkyl halides is 3. The normalized spacial score (nSPS) is 20.3. The smallest absolute Gasteiger partial charge is 0.427 e. The summed E-state index contributed by atoms with van der Waals surface area (Å²) in [7, 11) is 0. The first kappa shape index (κ1) is 20.4. The Morgan fingerprint density at radius 2 is 1.82 bits per heavy atom. The van der Waals surface area contributed by atoms with Crippen LogP contribution in [0.2, 0.25) is 0 Å². The summed E-state index contributed by atoms with van der Waals surface area (Å²) in [6.45, 7) is 0.312. The van der Waals surface area contributed by atoms with Gasteiger partial charge in [-0.25, -0.2) is 4.79 Å². The molecule has 1 spiro atoms. The number of likely N-dealkylation sites (tertiary alicyclic amines) is 2. The van der Waals surface area contributed by atoms with Crippen LogP contribution in [0.3, 0.4) is 0 Å². The second-order valence-corrected chi connectivity index (χ2v) is 7.28. The molecule has 1 aromatic heterocycles. The first-order valence-electron chi connectivity index (χ1n) is 9.07. The molecule has 2 saturated heterocycles. The van der Waals surface area contributed by atoms with Crippen molar-refractivity contribution in [3.63, 3.8) is 0 Å². The lowest BCUT2D eigenvalue weighted by Gasteiger charge is -2.39. The van der Waals surface area contributed by atoms with Gasteiger partial charge in [0, 0.05) is 32.4 Å². The molecule has 10 heteroatoms. The number of ether oxygens (including phenoxy) is 1. The molecule has 28 heavy (non-hydrogen) atoms. The van der Waals surface area contributed by atoms with Gasteiger partial charge in [0.1, 0.15) is 5.69 Å². The number of amides is 2. The number of aliphatic hydroxyl groups is 1. The van der Waals surface area contributed by atoms with Crippen LogP contribution in [0.1, 0.15) is 29.8 Å². The SMILES string of the molecule is O=C(OC(CO)C(F)(F)F)N1CCC2(CC1)CCN(C(=O)c1ccccn1)C2. The fourth-order valence-electron chi connectivity index (χ4n) is 3.74. The van der Waals surface area contributed by atoms with Crippen molar-refractivity contribution in [2.24, 2.45) is 5.41 Å². The van der Waals surface area contributed by atoms with E-state index in [0.29, 0.717) is 31.6 Å². The number of hydrogen-bond acceptors (Lipinski definition) is 5. The average molecular weight is 401 g/mol. The molecule has 0 aromatic carbocycles. The summed E-state index contributed by atoms with van der Waals surface area (Å²) >= 11 is 0. The van der Waals surface area contributed by atoms with Crippen molar-refractivity contribution in [1.29, 1.82) is 0 Å². The zero-order valence-electron chi connectivity index (χ0n) is 15.2. The maximum Gasteiger partial charge on any atom is 0.427 e. The summed E-state index contributed by atoms with van der Waals surface area (Å²) in [6, 6.07) is 5.14. The van der Waals surface area contributed by atoms with Crippen LogP contribution in [0.25, 0.3) is 0 Å². The zero-order valence-corrected chi connectivity index (χ0v) is 15.2. The van der Waals surface area contributed by atoms with Crippen LogP contribution in [0.5, 0.6) is 0 Å². The summed E-state index contributed by atoms with van der Waals surface area (Å²) in [6.07, 6.45) is -4.92. The molecule has 0 saturated carbocycles. The molecule has 2 aliphatic heterocycles. The first-order chi connectivity index (χ1) is 13.2. The third-order valence-corrected chi connectivity index (χ3v) is 5.47. The molecule has 0 aliphatic carbocycles. The maximum atomic E-state index is 12.6. The Balaban J connectivity index is 1.54.